The summed E-state index contributed by atoms with van der Waals surface area (Å²) in [5.74, 6) is -0.827. The Morgan fingerprint density at radius 2 is 1.89 bits per heavy atom. The molecule has 0 aromatic carbocycles. The van der Waals surface area contributed by atoms with Gasteiger partial charge >= 0.3 is 5.97 Å². The molecule has 0 aliphatic carbocycles. The van der Waals surface area contributed by atoms with Crippen molar-refractivity contribution in [3.63, 3.8) is 0 Å². The third-order valence-corrected chi connectivity index (χ3v) is 2.86. The molecule has 2 N–H and O–H groups in total. The lowest BCUT2D eigenvalue weighted by Crippen LogP contribution is -2.23. The van der Waals surface area contributed by atoms with Gasteiger partial charge in [0.05, 0.1) is 17.3 Å². The summed E-state index contributed by atoms with van der Waals surface area (Å²) in [5, 5.41) is 19.9. The van der Waals surface area contributed by atoms with Crippen LogP contribution in [0.1, 0.15) is 38.6 Å². The standard InChI is InChI=1S/C12H20N4O2/c1-4-8(11(17)18)7-13-12-14-9(5-2)10(6-3)15-16-12/h8H,4-7H2,1-3H3,(H,17,18)(H,13,14,16). The Labute approximate surface area is 107 Å². The Hall–Kier alpha value is -1.72. The Morgan fingerprint density at radius 1 is 1.22 bits per heavy atom. The molecule has 18 heavy (non-hydrogen) atoms. The van der Waals surface area contributed by atoms with Gasteiger partial charge in [0.2, 0.25) is 5.95 Å². The Balaban J connectivity index is 2.70. The van der Waals surface area contributed by atoms with Crippen LogP contribution in [0.2, 0.25) is 0 Å². The molecule has 1 atom stereocenters. The molecule has 0 bridgehead atoms. The molecule has 6 heteroatoms. The van der Waals surface area contributed by atoms with Gasteiger partial charge in [-0.15, -0.1) is 5.10 Å². The van der Waals surface area contributed by atoms with Crippen molar-refractivity contribution in [2.75, 3.05) is 11.9 Å². The van der Waals surface area contributed by atoms with E-state index in [1.807, 2.05) is 20.8 Å². The smallest absolute Gasteiger partial charge is 0.308 e. The first-order chi connectivity index (χ1) is 8.62. The molecule has 1 unspecified atom stereocenters. The maximum Gasteiger partial charge on any atom is 0.308 e. The van der Waals surface area contributed by atoms with E-state index in [2.05, 4.69) is 20.5 Å². The summed E-state index contributed by atoms with van der Waals surface area (Å²) < 4.78 is 0. The van der Waals surface area contributed by atoms with Gasteiger partial charge in [0.15, 0.2) is 0 Å². The molecule has 0 fully saturated rings. The lowest BCUT2D eigenvalue weighted by atomic mass is 10.1. The number of aromatic nitrogens is 3. The summed E-state index contributed by atoms with van der Waals surface area (Å²) in [6.07, 6.45) is 2.17. The van der Waals surface area contributed by atoms with Crippen LogP contribution in [0.3, 0.4) is 0 Å². The van der Waals surface area contributed by atoms with Crippen LogP contribution in [0.25, 0.3) is 0 Å². The number of carboxylic acids is 1. The summed E-state index contributed by atoms with van der Waals surface area (Å²) >= 11 is 0. The van der Waals surface area contributed by atoms with Gasteiger partial charge in [0.1, 0.15) is 0 Å². The van der Waals surface area contributed by atoms with Gasteiger partial charge in [0.25, 0.3) is 0 Å². The van der Waals surface area contributed by atoms with Crippen LogP contribution in [0, 0.1) is 5.92 Å². The fourth-order valence-corrected chi connectivity index (χ4v) is 1.63. The number of carboxylic acid groups (broad SMARTS) is 1. The number of aliphatic carboxylic acids is 1. The molecular weight excluding hydrogens is 232 g/mol. The van der Waals surface area contributed by atoms with Crippen molar-refractivity contribution < 1.29 is 9.90 Å². The van der Waals surface area contributed by atoms with Crippen molar-refractivity contribution in [1.29, 1.82) is 0 Å². The maximum absolute atomic E-state index is 10.9. The normalized spacial score (nSPS) is 12.2. The molecule has 0 spiro atoms. The van der Waals surface area contributed by atoms with Gasteiger partial charge in [-0.3, -0.25) is 4.79 Å². The third-order valence-electron chi connectivity index (χ3n) is 2.86. The molecule has 0 aliphatic rings. The predicted molar refractivity (Wildman–Crippen MR) is 68.5 cm³/mol. The second kappa shape index (κ2) is 6.88. The van der Waals surface area contributed by atoms with Gasteiger partial charge in [0, 0.05) is 6.54 Å². The van der Waals surface area contributed by atoms with Crippen LogP contribution < -0.4 is 5.32 Å². The van der Waals surface area contributed by atoms with E-state index in [4.69, 9.17) is 5.11 Å². The topological polar surface area (TPSA) is 88.0 Å². The van der Waals surface area contributed by atoms with Crippen LogP contribution in [0.15, 0.2) is 0 Å². The molecule has 100 valence electrons. The average molecular weight is 252 g/mol. The zero-order valence-electron chi connectivity index (χ0n) is 11.1. The molecular formula is C12H20N4O2. The van der Waals surface area contributed by atoms with E-state index >= 15 is 0 Å². The second-order valence-corrected chi connectivity index (χ2v) is 4.06. The third kappa shape index (κ3) is 3.65. The van der Waals surface area contributed by atoms with Gasteiger partial charge in [-0.1, -0.05) is 20.8 Å². The highest BCUT2D eigenvalue weighted by molar-refractivity contribution is 5.70. The molecule has 1 aromatic heterocycles. The van der Waals surface area contributed by atoms with Crippen LogP contribution in [-0.2, 0) is 17.6 Å². The van der Waals surface area contributed by atoms with Gasteiger partial charge in [-0.25, -0.2) is 4.98 Å². The number of nitrogens with zero attached hydrogens (tertiary/aromatic N) is 3. The van der Waals surface area contributed by atoms with Crippen molar-refractivity contribution in [3.8, 4) is 0 Å². The van der Waals surface area contributed by atoms with Crippen molar-refractivity contribution >= 4 is 11.9 Å². The SMILES string of the molecule is CCc1nnc(NCC(CC)C(=O)O)nc1CC. The van der Waals surface area contributed by atoms with E-state index in [0.29, 0.717) is 18.9 Å². The van der Waals surface area contributed by atoms with Crippen molar-refractivity contribution in [2.45, 2.75) is 40.0 Å². The highest BCUT2D eigenvalue weighted by atomic mass is 16.4. The average Bonchev–Trinajstić information content (AvgIpc) is 2.38. The monoisotopic (exact) mass is 252 g/mol. The first kappa shape index (κ1) is 14.3. The summed E-state index contributed by atoms with van der Waals surface area (Å²) in [7, 11) is 0. The van der Waals surface area contributed by atoms with Gasteiger partial charge in [-0.2, -0.15) is 5.10 Å². The number of rotatable bonds is 7. The summed E-state index contributed by atoms with van der Waals surface area (Å²) in [6.45, 7) is 6.19. The summed E-state index contributed by atoms with van der Waals surface area (Å²) in [6, 6.07) is 0. The minimum atomic E-state index is -0.807. The number of hydrogen-bond acceptors (Lipinski definition) is 5. The Kier molecular flexibility index (Phi) is 5.48. The summed E-state index contributed by atoms with van der Waals surface area (Å²) in [4.78, 5) is 15.2. The van der Waals surface area contributed by atoms with Gasteiger partial charge < -0.3 is 10.4 Å². The zero-order valence-corrected chi connectivity index (χ0v) is 11.1. The Bertz CT molecular complexity index is 409. The molecule has 0 saturated carbocycles. The fourth-order valence-electron chi connectivity index (χ4n) is 1.63. The number of anilines is 1. The quantitative estimate of drug-likeness (QED) is 0.765. The predicted octanol–water partition coefficient (Wildman–Crippen LogP) is 1.52. The first-order valence-electron chi connectivity index (χ1n) is 6.31. The lowest BCUT2D eigenvalue weighted by Gasteiger charge is -2.11. The lowest BCUT2D eigenvalue weighted by molar-refractivity contribution is -0.141. The highest BCUT2D eigenvalue weighted by Gasteiger charge is 2.15. The van der Waals surface area contributed by atoms with Crippen LogP contribution in [0.5, 0.6) is 0 Å². The van der Waals surface area contributed by atoms with Crippen molar-refractivity contribution in [2.24, 2.45) is 5.92 Å². The van der Waals surface area contributed by atoms with E-state index in [-0.39, 0.29) is 0 Å². The molecule has 1 aromatic rings. The van der Waals surface area contributed by atoms with Gasteiger partial charge in [-0.05, 0) is 19.3 Å². The minimum Gasteiger partial charge on any atom is -0.481 e. The summed E-state index contributed by atoms with van der Waals surface area (Å²) in [5.41, 5.74) is 1.81. The van der Waals surface area contributed by atoms with Crippen LogP contribution in [-0.4, -0.2) is 32.8 Å². The minimum absolute atomic E-state index is 0.322. The molecule has 0 radical (unpaired) electrons. The first-order valence-corrected chi connectivity index (χ1v) is 6.31. The zero-order chi connectivity index (χ0) is 13.5. The number of carbonyl (C=O) groups is 1. The number of aryl methyl sites for hydroxylation is 2. The number of hydrogen-bond donors (Lipinski definition) is 2. The Morgan fingerprint density at radius 3 is 2.39 bits per heavy atom. The van der Waals surface area contributed by atoms with E-state index in [1.165, 1.54) is 0 Å². The molecule has 6 nitrogen and oxygen atoms in total. The fraction of sp³-hybridized carbons (Fsp3) is 0.667. The highest BCUT2D eigenvalue weighted by Crippen LogP contribution is 2.08. The van der Waals surface area contributed by atoms with E-state index in [9.17, 15) is 4.79 Å². The molecule has 0 aliphatic heterocycles. The van der Waals surface area contributed by atoms with Crippen molar-refractivity contribution in [3.05, 3.63) is 11.4 Å². The molecule has 0 saturated heterocycles. The largest absolute Gasteiger partial charge is 0.481 e. The number of nitrogens with one attached hydrogen (secondary N) is 1. The van der Waals surface area contributed by atoms with Crippen molar-refractivity contribution in [1.82, 2.24) is 15.2 Å². The molecule has 1 rings (SSSR count). The van der Waals surface area contributed by atoms with E-state index < -0.39 is 11.9 Å². The van der Waals surface area contributed by atoms with Crippen LogP contribution >= 0.6 is 0 Å². The van der Waals surface area contributed by atoms with Crippen LogP contribution in [0.4, 0.5) is 5.95 Å². The van der Waals surface area contributed by atoms with E-state index in [0.717, 1.165) is 24.2 Å². The maximum atomic E-state index is 10.9. The second-order valence-electron chi connectivity index (χ2n) is 4.06. The molecule has 0 amide bonds. The van der Waals surface area contributed by atoms with E-state index in [1.54, 1.807) is 0 Å². The molecule has 1 heterocycles.